The zero-order valence-corrected chi connectivity index (χ0v) is 26.9. The number of hydrogen-bond acceptors (Lipinski definition) is 5. The maximum atomic E-state index is 13.2. The number of carbonyl (C=O) groups is 1. The Balaban J connectivity index is 0.00000255. The largest absolute Gasteiger partial charge is 0.381 e. The van der Waals surface area contributed by atoms with Crippen LogP contribution >= 0.6 is 11.8 Å². The Bertz CT molecular complexity index is 900. The van der Waals surface area contributed by atoms with Gasteiger partial charge in [-0.3, -0.25) is 4.79 Å². The van der Waals surface area contributed by atoms with Gasteiger partial charge in [-0.15, -0.1) is 0 Å². The predicted molar refractivity (Wildman–Crippen MR) is 171 cm³/mol. The zero-order valence-electron chi connectivity index (χ0n) is 26.1. The molecule has 0 radical (unpaired) electrons. The number of benzene rings is 1. The minimum atomic E-state index is -0.0535. The SMILES string of the molecule is C/C=C\SC(=N/C(=C\C)CNC(=O)c1cc(C)cc(N(CC)C2CCOCC2)c1C)C(C)C.CC.CCC. The molecule has 0 unspecified atom stereocenters. The number of nitrogens with one attached hydrogen (secondary N) is 1. The van der Waals surface area contributed by atoms with E-state index < -0.39 is 0 Å². The Morgan fingerprint density at radius 1 is 1.16 bits per heavy atom. The van der Waals surface area contributed by atoms with Crippen LogP contribution < -0.4 is 10.2 Å². The van der Waals surface area contributed by atoms with Gasteiger partial charge in [0.05, 0.1) is 17.3 Å². The number of ether oxygens (including phenoxy) is 1. The summed E-state index contributed by atoms with van der Waals surface area (Å²) >= 11 is 1.63. The first-order valence-electron chi connectivity index (χ1n) is 14.5. The fraction of sp³-hybridized carbons (Fsp3) is 0.625. The van der Waals surface area contributed by atoms with Crippen molar-refractivity contribution in [2.45, 2.75) is 101 Å². The minimum Gasteiger partial charge on any atom is -0.381 e. The maximum absolute atomic E-state index is 13.2. The number of anilines is 1. The fourth-order valence-electron chi connectivity index (χ4n) is 4.04. The Morgan fingerprint density at radius 3 is 2.26 bits per heavy atom. The Kier molecular flexibility index (Phi) is 19.7. The minimum absolute atomic E-state index is 0.0535. The highest BCUT2D eigenvalue weighted by Gasteiger charge is 2.24. The molecule has 2 rings (SSSR count). The molecule has 1 amide bonds. The molecule has 0 bridgehead atoms. The quantitative estimate of drug-likeness (QED) is 0.249. The molecule has 1 N–H and O–H groups in total. The van der Waals surface area contributed by atoms with Gasteiger partial charge in [0.1, 0.15) is 0 Å². The van der Waals surface area contributed by atoms with Crippen molar-refractivity contribution in [3.63, 3.8) is 0 Å². The predicted octanol–water partition coefficient (Wildman–Crippen LogP) is 8.71. The van der Waals surface area contributed by atoms with E-state index in [4.69, 9.17) is 9.73 Å². The molecular formula is C32H55N3O2S. The van der Waals surface area contributed by atoms with Gasteiger partial charge in [0, 0.05) is 43.0 Å². The van der Waals surface area contributed by atoms with Crippen LogP contribution in [0.4, 0.5) is 5.69 Å². The van der Waals surface area contributed by atoms with E-state index in [0.717, 1.165) is 65.7 Å². The van der Waals surface area contributed by atoms with Gasteiger partial charge >= 0.3 is 0 Å². The summed E-state index contributed by atoms with van der Waals surface area (Å²) in [6.45, 7) is 25.7. The first-order valence-corrected chi connectivity index (χ1v) is 15.4. The average Bonchev–Trinajstić information content (AvgIpc) is 2.92. The maximum Gasteiger partial charge on any atom is 0.251 e. The second-order valence-corrected chi connectivity index (χ2v) is 10.4. The molecule has 6 heteroatoms. The number of hydrogen-bond donors (Lipinski definition) is 1. The van der Waals surface area contributed by atoms with Gasteiger partial charge in [0.2, 0.25) is 0 Å². The van der Waals surface area contributed by atoms with Crippen molar-refractivity contribution in [1.82, 2.24) is 5.32 Å². The summed E-state index contributed by atoms with van der Waals surface area (Å²) < 4.78 is 5.56. The second-order valence-electron chi connectivity index (χ2n) is 9.45. The van der Waals surface area contributed by atoms with Gasteiger partial charge in [-0.2, -0.15) is 0 Å². The fourth-order valence-corrected chi connectivity index (χ4v) is 4.76. The Morgan fingerprint density at radius 2 is 1.76 bits per heavy atom. The number of thioether (sulfide) groups is 1. The van der Waals surface area contributed by atoms with Crippen molar-refractivity contribution in [3.05, 3.63) is 52.1 Å². The van der Waals surface area contributed by atoms with E-state index in [9.17, 15) is 4.79 Å². The number of amides is 1. The lowest BCUT2D eigenvalue weighted by Crippen LogP contribution is -2.40. The summed E-state index contributed by atoms with van der Waals surface area (Å²) in [6.07, 6.45) is 7.28. The van der Waals surface area contributed by atoms with Crippen molar-refractivity contribution >= 4 is 28.4 Å². The highest BCUT2D eigenvalue weighted by Crippen LogP contribution is 2.30. The van der Waals surface area contributed by atoms with Crippen LogP contribution in [-0.4, -0.2) is 43.3 Å². The van der Waals surface area contributed by atoms with Crippen LogP contribution in [0.2, 0.25) is 0 Å². The smallest absolute Gasteiger partial charge is 0.251 e. The van der Waals surface area contributed by atoms with Crippen LogP contribution in [0.5, 0.6) is 0 Å². The number of carbonyl (C=O) groups excluding carboxylic acids is 1. The first-order chi connectivity index (χ1) is 18.2. The first kappa shape index (κ1) is 35.9. The molecule has 0 spiro atoms. The summed E-state index contributed by atoms with van der Waals surface area (Å²) in [5, 5.41) is 6.19. The van der Waals surface area contributed by atoms with Gasteiger partial charge in [0.15, 0.2) is 0 Å². The number of aliphatic imine (C=N–C) groups is 1. The summed E-state index contributed by atoms with van der Waals surface area (Å²) in [5.41, 5.74) is 4.89. The third kappa shape index (κ3) is 12.2. The topological polar surface area (TPSA) is 53.9 Å². The van der Waals surface area contributed by atoms with E-state index in [1.54, 1.807) is 11.8 Å². The summed E-state index contributed by atoms with van der Waals surface area (Å²) in [7, 11) is 0. The molecular weight excluding hydrogens is 490 g/mol. The van der Waals surface area contributed by atoms with Gasteiger partial charge in [-0.05, 0) is 76.1 Å². The third-order valence-electron chi connectivity index (χ3n) is 5.89. The molecule has 216 valence electrons. The van der Waals surface area contributed by atoms with E-state index in [1.165, 1.54) is 6.42 Å². The summed E-state index contributed by atoms with van der Waals surface area (Å²) in [6, 6.07) is 4.65. The van der Waals surface area contributed by atoms with Crippen molar-refractivity contribution in [2.75, 3.05) is 31.2 Å². The zero-order chi connectivity index (χ0) is 29.1. The van der Waals surface area contributed by atoms with E-state index in [-0.39, 0.29) is 5.91 Å². The molecule has 1 aliphatic heterocycles. The molecule has 0 atom stereocenters. The molecule has 38 heavy (non-hydrogen) atoms. The van der Waals surface area contributed by atoms with Crippen LogP contribution in [0, 0.1) is 19.8 Å². The third-order valence-corrected chi connectivity index (χ3v) is 7.10. The van der Waals surface area contributed by atoms with Crippen LogP contribution in [-0.2, 0) is 4.74 Å². The number of nitrogens with zero attached hydrogens (tertiary/aromatic N) is 2. The molecule has 1 heterocycles. The molecule has 0 saturated carbocycles. The highest BCUT2D eigenvalue weighted by molar-refractivity contribution is 8.16. The molecule has 1 aromatic carbocycles. The lowest BCUT2D eigenvalue weighted by Gasteiger charge is -2.36. The van der Waals surface area contributed by atoms with Crippen molar-refractivity contribution in [2.24, 2.45) is 10.9 Å². The molecule has 1 aliphatic rings. The van der Waals surface area contributed by atoms with E-state index in [1.807, 2.05) is 51.3 Å². The van der Waals surface area contributed by atoms with Crippen LogP contribution in [0.15, 0.2) is 40.4 Å². The molecule has 1 fully saturated rings. The molecule has 5 nitrogen and oxygen atoms in total. The Labute approximate surface area is 238 Å². The van der Waals surface area contributed by atoms with Crippen molar-refractivity contribution < 1.29 is 9.53 Å². The van der Waals surface area contributed by atoms with Crippen molar-refractivity contribution in [1.29, 1.82) is 0 Å². The van der Waals surface area contributed by atoms with Gasteiger partial charge in [-0.1, -0.05) is 71.9 Å². The summed E-state index contributed by atoms with van der Waals surface area (Å²) in [5.74, 6) is 0.269. The van der Waals surface area contributed by atoms with Crippen LogP contribution in [0.1, 0.15) is 103 Å². The van der Waals surface area contributed by atoms with Crippen molar-refractivity contribution in [3.8, 4) is 0 Å². The van der Waals surface area contributed by atoms with E-state index >= 15 is 0 Å². The lowest BCUT2D eigenvalue weighted by atomic mass is 9.98. The monoisotopic (exact) mass is 545 g/mol. The number of aryl methyl sites for hydroxylation is 1. The van der Waals surface area contributed by atoms with Gasteiger partial charge < -0.3 is 15.0 Å². The number of rotatable bonds is 9. The van der Waals surface area contributed by atoms with Gasteiger partial charge in [-0.25, -0.2) is 4.99 Å². The van der Waals surface area contributed by atoms with Crippen LogP contribution in [0.25, 0.3) is 0 Å². The van der Waals surface area contributed by atoms with E-state index in [0.29, 0.717) is 18.5 Å². The molecule has 0 aliphatic carbocycles. The van der Waals surface area contributed by atoms with E-state index in [2.05, 4.69) is 64.7 Å². The second kappa shape index (κ2) is 20.9. The standard InChI is InChI=1S/C27H41N3O2S.C3H8.C2H6/c1-8-15-33-27(19(4)5)29-22(9-2)18-28-26(31)24-16-20(6)17-25(21(24)7)30(10-3)23-11-13-32-14-12-23;1-3-2;1-2/h8-9,15-17,19,23H,10-14,18H2,1-7H3,(H,28,31);3H2,1-2H3;1-2H3/b15-8-,22-9-,29-27?;;. The van der Waals surface area contributed by atoms with Crippen LogP contribution in [0.3, 0.4) is 0 Å². The molecule has 0 aromatic heterocycles. The summed E-state index contributed by atoms with van der Waals surface area (Å²) in [4.78, 5) is 20.5. The number of allylic oxidation sites excluding steroid dienone is 2. The molecule has 1 saturated heterocycles. The molecule has 1 aromatic rings. The average molecular weight is 546 g/mol. The highest BCUT2D eigenvalue weighted by atomic mass is 32.2. The lowest BCUT2D eigenvalue weighted by molar-refractivity contribution is 0.0846. The normalized spacial score (nSPS) is 14.5. The Hall–Kier alpha value is -2.05. The van der Waals surface area contributed by atoms with Gasteiger partial charge in [0.25, 0.3) is 5.91 Å².